The number of nitrogens with one attached hydrogen (secondary N) is 1. The van der Waals surface area contributed by atoms with Crippen molar-refractivity contribution in [3.05, 3.63) is 16.8 Å². The molecular weight excluding hydrogens is 308 g/mol. The van der Waals surface area contributed by atoms with Crippen LogP contribution in [0.15, 0.2) is 16.8 Å². The lowest BCUT2D eigenvalue weighted by atomic mass is 9.92. The van der Waals surface area contributed by atoms with Crippen LogP contribution >= 0.6 is 11.3 Å². The first kappa shape index (κ1) is 16.6. The SMILES string of the molecule is CC(C)(C)OC(=O)N1CCCC1C1CCCC1Nc1ccsc1. The fourth-order valence-electron chi connectivity index (χ4n) is 3.97. The molecule has 4 nitrogen and oxygen atoms in total. The number of hydrogen-bond donors (Lipinski definition) is 1. The first-order valence-electron chi connectivity index (χ1n) is 8.72. The summed E-state index contributed by atoms with van der Waals surface area (Å²) < 4.78 is 5.62. The van der Waals surface area contributed by atoms with E-state index < -0.39 is 5.60 Å². The lowest BCUT2D eigenvalue weighted by Crippen LogP contribution is -2.46. The quantitative estimate of drug-likeness (QED) is 0.868. The van der Waals surface area contributed by atoms with Gasteiger partial charge in [0.2, 0.25) is 0 Å². The van der Waals surface area contributed by atoms with E-state index in [-0.39, 0.29) is 6.09 Å². The molecule has 2 fully saturated rings. The number of carbonyl (C=O) groups excluding carboxylic acids is 1. The Bertz CT molecular complexity index is 524. The van der Waals surface area contributed by atoms with Gasteiger partial charge in [-0.15, -0.1) is 0 Å². The zero-order valence-corrected chi connectivity index (χ0v) is 15.2. The van der Waals surface area contributed by atoms with E-state index in [1.165, 1.54) is 24.9 Å². The van der Waals surface area contributed by atoms with Crippen LogP contribution in [0.25, 0.3) is 0 Å². The minimum Gasteiger partial charge on any atom is -0.444 e. The van der Waals surface area contributed by atoms with Gasteiger partial charge in [0, 0.05) is 29.7 Å². The molecule has 1 aliphatic carbocycles. The Morgan fingerprint density at radius 3 is 2.83 bits per heavy atom. The molecule has 3 unspecified atom stereocenters. The molecule has 1 aromatic rings. The largest absolute Gasteiger partial charge is 0.444 e. The van der Waals surface area contributed by atoms with Gasteiger partial charge in [-0.05, 0) is 63.8 Å². The zero-order chi connectivity index (χ0) is 16.4. The van der Waals surface area contributed by atoms with Gasteiger partial charge in [0.15, 0.2) is 0 Å². The topological polar surface area (TPSA) is 41.6 Å². The highest BCUT2D eigenvalue weighted by molar-refractivity contribution is 7.08. The number of nitrogens with zero attached hydrogens (tertiary/aromatic N) is 1. The highest BCUT2D eigenvalue weighted by atomic mass is 32.1. The molecule has 1 aliphatic heterocycles. The molecule has 3 atom stereocenters. The molecule has 1 saturated heterocycles. The number of hydrogen-bond acceptors (Lipinski definition) is 4. The highest BCUT2D eigenvalue weighted by Crippen LogP contribution is 2.38. The predicted molar refractivity (Wildman–Crippen MR) is 95.0 cm³/mol. The molecule has 1 aromatic heterocycles. The van der Waals surface area contributed by atoms with E-state index >= 15 is 0 Å². The van der Waals surface area contributed by atoms with Gasteiger partial charge in [0.1, 0.15) is 5.60 Å². The third kappa shape index (κ3) is 4.00. The van der Waals surface area contributed by atoms with Gasteiger partial charge < -0.3 is 15.0 Å². The van der Waals surface area contributed by atoms with Crippen molar-refractivity contribution in [3.63, 3.8) is 0 Å². The number of anilines is 1. The maximum absolute atomic E-state index is 12.5. The third-order valence-corrected chi connectivity index (χ3v) is 5.55. The Morgan fingerprint density at radius 2 is 2.13 bits per heavy atom. The van der Waals surface area contributed by atoms with Crippen LogP contribution in [-0.2, 0) is 4.74 Å². The van der Waals surface area contributed by atoms with Crippen molar-refractivity contribution in [3.8, 4) is 0 Å². The molecular formula is C18H28N2O2S. The smallest absolute Gasteiger partial charge is 0.410 e. The fraction of sp³-hybridized carbons (Fsp3) is 0.722. The Hall–Kier alpha value is -1.23. The lowest BCUT2D eigenvalue weighted by molar-refractivity contribution is 0.0175. The molecule has 1 N–H and O–H groups in total. The normalized spacial score (nSPS) is 28.1. The van der Waals surface area contributed by atoms with Crippen molar-refractivity contribution in [2.45, 2.75) is 70.6 Å². The van der Waals surface area contributed by atoms with Crippen LogP contribution in [0.2, 0.25) is 0 Å². The Labute approximate surface area is 143 Å². The van der Waals surface area contributed by atoms with E-state index in [0.717, 1.165) is 19.4 Å². The van der Waals surface area contributed by atoms with E-state index in [9.17, 15) is 4.79 Å². The third-order valence-electron chi connectivity index (χ3n) is 4.86. The van der Waals surface area contributed by atoms with Crippen molar-refractivity contribution in [1.82, 2.24) is 4.90 Å². The van der Waals surface area contributed by atoms with Crippen LogP contribution in [-0.4, -0.2) is 35.2 Å². The summed E-state index contributed by atoms with van der Waals surface area (Å²) in [5.74, 6) is 0.532. The fourth-order valence-corrected chi connectivity index (χ4v) is 4.57. The van der Waals surface area contributed by atoms with Crippen LogP contribution in [0.4, 0.5) is 10.5 Å². The molecule has 2 aliphatic rings. The van der Waals surface area contributed by atoms with Crippen molar-refractivity contribution in [2.24, 2.45) is 5.92 Å². The molecule has 0 bridgehead atoms. The molecule has 0 spiro atoms. The number of likely N-dealkylation sites (tertiary alicyclic amines) is 1. The minimum absolute atomic E-state index is 0.138. The number of thiophene rings is 1. The highest BCUT2D eigenvalue weighted by Gasteiger charge is 2.42. The summed E-state index contributed by atoms with van der Waals surface area (Å²) in [5, 5.41) is 7.96. The molecule has 3 rings (SSSR count). The van der Waals surface area contributed by atoms with Gasteiger partial charge in [-0.2, -0.15) is 11.3 Å². The summed E-state index contributed by atoms with van der Waals surface area (Å²) in [5.41, 5.74) is 0.794. The van der Waals surface area contributed by atoms with Crippen molar-refractivity contribution in [1.29, 1.82) is 0 Å². The number of ether oxygens (including phenoxy) is 1. The van der Waals surface area contributed by atoms with Crippen LogP contribution in [0.1, 0.15) is 52.9 Å². The summed E-state index contributed by atoms with van der Waals surface area (Å²) in [6.45, 7) is 6.65. The lowest BCUT2D eigenvalue weighted by Gasteiger charge is -2.34. The number of rotatable bonds is 3. The van der Waals surface area contributed by atoms with Crippen LogP contribution in [0.3, 0.4) is 0 Å². The van der Waals surface area contributed by atoms with Crippen LogP contribution in [0, 0.1) is 5.92 Å². The van der Waals surface area contributed by atoms with E-state index in [1.54, 1.807) is 11.3 Å². The van der Waals surface area contributed by atoms with Crippen LogP contribution < -0.4 is 5.32 Å². The summed E-state index contributed by atoms with van der Waals surface area (Å²) in [6.07, 6.45) is 5.69. The molecule has 1 amide bonds. The van der Waals surface area contributed by atoms with Gasteiger partial charge >= 0.3 is 6.09 Å². The molecule has 5 heteroatoms. The van der Waals surface area contributed by atoms with E-state index in [2.05, 4.69) is 22.1 Å². The average molecular weight is 337 g/mol. The van der Waals surface area contributed by atoms with Gasteiger partial charge in [-0.1, -0.05) is 6.42 Å². The second-order valence-corrected chi connectivity index (χ2v) is 8.52. The monoisotopic (exact) mass is 336 g/mol. The van der Waals surface area contributed by atoms with Gasteiger partial charge in [0.25, 0.3) is 0 Å². The van der Waals surface area contributed by atoms with Crippen molar-refractivity contribution < 1.29 is 9.53 Å². The first-order valence-corrected chi connectivity index (χ1v) is 9.67. The van der Waals surface area contributed by atoms with Crippen LogP contribution in [0.5, 0.6) is 0 Å². The molecule has 1 saturated carbocycles. The summed E-state index contributed by atoms with van der Waals surface area (Å²) in [4.78, 5) is 14.5. The van der Waals surface area contributed by atoms with Crippen molar-refractivity contribution in [2.75, 3.05) is 11.9 Å². The van der Waals surface area contributed by atoms with Gasteiger partial charge in [-0.25, -0.2) is 4.79 Å². The Balaban J connectivity index is 1.67. The predicted octanol–water partition coefficient (Wildman–Crippen LogP) is 4.73. The summed E-state index contributed by atoms with van der Waals surface area (Å²) in [7, 11) is 0. The Morgan fingerprint density at radius 1 is 1.30 bits per heavy atom. The molecule has 0 radical (unpaired) electrons. The average Bonchev–Trinajstić information content (AvgIpc) is 3.17. The number of carbonyl (C=O) groups is 1. The van der Waals surface area contributed by atoms with E-state index in [0.29, 0.717) is 18.0 Å². The molecule has 23 heavy (non-hydrogen) atoms. The molecule has 128 valence electrons. The standard InChI is InChI=1S/C18H28N2O2S/c1-18(2,3)22-17(21)20-10-5-8-16(20)14-6-4-7-15(14)19-13-9-11-23-12-13/h9,11-12,14-16,19H,4-8,10H2,1-3H3. The van der Waals surface area contributed by atoms with E-state index in [4.69, 9.17) is 4.74 Å². The maximum Gasteiger partial charge on any atom is 0.410 e. The second-order valence-electron chi connectivity index (χ2n) is 7.74. The van der Waals surface area contributed by atoms with Gasteiger partial charge in [0.05, 0.1) is 0 Å². The number of amides is 1. The molecule has 2 heterocycles. The summed E-state index contributed by atoms with van der Waals surface area (Å²) >= 11 is 1.72. The Kier molecular flexibility index (Phi) is 4.85. The zero-order valence-electron chi connectivity index (χ0n) is 14.4. The van der Waals surface area contributed by atoms with Crippen molar-refractivity contribution >= 4 is 23.1 Å². The second kappa shape index (κ2) is 6.71. The molecule has 0 aromatic carbocycles. The van der Waals surface area contributed by atoms with Gasteiger partial charge in [-0.3, -0.25) is 0 Å². The first-order chi connectivity index (χ1) is 10.9. The summed E-state index contributed by atoms with van der Waals surface area (Å²) in [6, 6.07) is 2.93. The maximum atomic E-state index is 12.5. The minimum atomic E-state index is -0.422. The van der Waals surface area contributed by atoms with E-state index in [1.807, 2.05) is 25.7 Å².